The molecular weight excluding hydrogens is 100 g/mol. The van der Waals surface area contributed by atoms with Crippen molar-refractivity contribution in [2.45, 2.75) is 19.4 Å². The first-order valence-electron chi connectivity index (χ1n) is 2.37. The summed E-state index contributed by atoms with van der Waals surface area (Å²) < 4.78 is 0. The molecule has 0 aliphatic carbocycles. The molecule has 0 heterocycles. The summed E-state index contributed by atoms with van der Waals surface area (Å²) in [5, 5.41) is 9.06. The third-order valence-electron chi connectivity index (χ3n) is 1.11. The van der Waals surface area contributed by atoms with E-state index in [1.807, 2.05) is 0 Å². The molecule has 0 amide bonds. The van der Waals surface area contributed by atoms with Gasteiger partial charge in [0.25, 0.3) is 0 Å². The normalized spacial score (nSPS) is 16.2. The zero-order valence-electron chi connectivity index (χ0n) is 5.23. The molecule has 0 aromatic heterocycles. The summed E-state index contributed by atoms with van der Waals surface area (Å²) in [6.07, 6.45) is 4.95. The predicted molar refractivity (Wildman–Crippen MR) is 34.3 cm³/mol. The molecule has 0 bridgehead atoms. The van der Waals surface area contributed by atoms with E-state index in [-0.39, 0.29) is 0 Å². The highest BCUT2D eigenvalue weighted by molar-refractivity contribution is 5.22. The third kappa shape index (κ3) is 1.40. The van der Waals surface area contributed by atoms with Crippen LogP contribution in [0.2, 0.25) is 0 Å². The molecule has 1 nitrogen and oxygen atoms in total. The van der Waals surface area contributed by atoms with Crippen LogP contribution in [0.4, 0.5) is 0 Å². The van der Waals surface area contributed by atoms with Gasteiger partial charge in [0.2, 0.25) is 0 Å². The van der Waals surface area contributed by atoms with Crippen LogP contribution >= 0.6 is 0 Å². The molecule has 0 radical (unpaired) electrons. The fraction of sp³-hybridized carbons (Fsp3) is 0.429. The Morgan fingerprint density at radius 2 is 2.25 bits per heavy atom. The summed E-state index contributed by atoms with van der Waals surface area (Å²) in [5.41, 5.74) is -0.528. The van der Waals surface area contributed by atoms with Crippen molar-refractivity contribution in [1.82, 2.24) is 0 Å². The van der Waals surface area contributed by atoms with Gasteiger partial charge in [-0.15, -0.1) is 6.42 Å². The first kappa shape index (κ1) is 7.26. The molecule has 0 saturated heterocycles. The zero-order valence-corrected chi connectivity index (χ0v) is 5.23. The van der Waals surface area contributed by atoms with Crippen LogP contribution in [-0.2, 0) is 0 Å². The van der Waals surface area contributed by atoms with Crippen molar-refractivity contribution in [2.24, 2.45) is 0 Å². The van der Waals surface area contributed by atoms with Crippen molar-refractivity contribution in [3.63, 3.8) is 0 Å². The molecule has 1 atom stereocenters. The minimum atomic E-state index is -1.13. The molecule has 1 heteroatoms. The second kappa shape index (κ2) is 2.02. The quantitative estimate of drug-likeness (QED) is 0.393. The highest BCUT2D eigenvalue weighted by Crippen LogP contribution is 2.10. The van der Waals surface area contributed by atoms with Gasteiger partial charge in [0.15, 0.2) is 0 Å². The minimum Gasteiger partial charge on any atom is -0.374 e. The minimum absolute atomic E-state index is 0.597. The topological polar surface area (TPSA) is 20.2 Å². The molecule has 0 saturated carbocycles. The van der Waals surface area contributed by atoms with E-state index < -0.39 is 5.60 Å². The van der Waals surface area contributed by atoms with Gasteiger partial charge in [-0.05, 0) is 19.4 Å². The van der Waals surface area contributed by atoms with Crippen molar-refractivity contribution < 1.29 is 5.11 Å². The average Bonchev–Trinajstić information content (AvgIpc) is 1.67. The molecule has 0 aliphatic rings. The van der Waals surface area contributed by atoms with E-state index in [4.69, 9.17) is 11.5 Å². The Morgan fingerprint density at radius 1 is 1.88 bits per heavy atom. The monoisotopic (exact) mass is 110 g/mol. The largest absolute Gasteiger partial charge is 0.374 e. The van der Waals surface area contributed by atoms with E-state index in [9.17, 15) is 0 Å². The summed E-state index contributed by atoms with van der Waals surface area (Å²) in [4.78, 5) is 0. The lowest BCUT2D eigenvalue weighted by atomic mass is 10.0. The summed E-state index contributed by atoms with van der Waals surface area (Å²) >= 11 is 0. The third-order valence-corrected chi connectivity index (χ3v) is 1.11. The second-order valence-corrected chi connectivity index (χ2v) is 2.00. The van der Waals surface area contributed by atoms with Crippen LogP contribution in [0.15, 0.2) is 12.2 Å². The van der Waals surface area contributed by atoms with Gasteiger partial charge in [0.05, 0.1) is 0 Å². The number of terminal acetylenes is 1. The molecule has 0 aromatic carbocycles. The van der Waals surface area contributed by atoms with Gasteiger partial charge in [0, 0.05) is 0 Å². The number of hydrogen-bond donors (Lipinski definition) is 1. The van der Waals surface area contributed by atoms with E-state index in [2.05, 4.69) is 12.5 Å². The molecule has 1 N–H and O–H groups in total. The van der Waals surface area contributed by atoms with Gasteiger partial charge in [-0.25, -0.2) is 0 Å². The average molecular weight is 110 g/mol. The lowest BCUT2D eigenvalue weighted by Gasteiger charge is -2.14. The first-order valence-corrected chi connectivity index (χ1v) is 2.37. The van der Waals surface area contributed by atoms with E-state index in [0.717, 1.165) is 0 Å². The molecule has 0 aliphatic heterocycles. The van der Waals surface area contributed by atoms with Crippen molar-refractivity contribution >= 4 is 0 Å². The summed E-state index contributed by atoms with van der Waals surface area (Å²) in [7, 11) is 0. The maximum atomic E-state index is 9.06. The maximum absolute atomic E-state index is 9.06. The van der Waals surface area contributed by atoms with Crippen molar-refractivity contribution in [3.05, 3.63) is 12.2 Å². The highest BCUT2D eigenvalue weighted by Gasteiger charge is 2.15. The molecule has 0 rings (SSSR count). The number of hydrogen-bond acceptors (Lipinski definition) is 1. The van der Waals surface area contributed by atoms with Crippen LogP contribution in [0.25, 0.3) is 0 Å². The molecule has 8 heavy (non-hydrogen) atoms. The smallest absolute Gasteiger partial charge is 0.143 e. The van der Waals surface area contributed by atoms with Crippen LogP contribution in [0.3, 0.4) is 0 Å². The zero-order chi connectivity index (χ0) is 6.78. The molecule has 44 valence electrons. The van der Waals surface area contributed by atoms with E-state index in [1.54, 1.807) is 6.92 Å². The predicted octanol–water partition coefficient (Wildman–Crippen LogP) is 0.947. The summed E-state index contributed by atoms with van der Waals surface area (Å²) in [5.74, 6) is 2.20. The fourth-order valence-corrected chi connectivity index (χ4v) is 0.123. The van der Waals surface area contributed by atoms with Gasteiger partial charge in [-0.2, -0.15) is 0 Å². The van der Waals surface area contributed by atoms with Crippen molar-refractivity contribution in [3.8, 4) is 12.3 Å². The Kier molecular flexibility index (Phi) is 1.83. The van der Waals surface area contributed by atoms with E-state index in [0.29, 0.717) is 5.57 Å². The summed E-state index contributed by atoms with van der Waals surface area (Å²) in [6.45, 7) is 6.74. The summed E-state index contributed by atoms with van der Waals surface area (Å²) in [6, 6.07) is 0. The lowest BCUT2D eigenvalue weighted by molar-refractivity contribution is 0.162. The van der Waals surface area contributed by atoms with Crippen LogP contribution in [-0.4, -0.2) is 10.7 Å². The Balaban J connectivity index is 4.19. The Bertz CT molecular complexity index is 137. The standard InChI is InChI=1S/C7H10O/c1-5-7(4,8)6(2)3/h1,8H,2H2,3-4H3. The highest BCUT2D eigenvalue weighted by atomic mass is 16.3. The van der Waals surface area contributed by atoms with Crippen LogP contribution in [0, 0.1) is 12.3 Å². The Hall–Kier alpha value is -0.740. The molecule has 1 unspecified atom stereocenters. The van der Waals surface area contributed by atoms with Gasteiger partial charge in [0.1, 0.15) is 5.60 Å². The van der Waals surface area contributed by atoms with E-state index in [1.165, 1.54) is 6.92 Å². The number of rotatable bonds is 1. The lowest BCUT2D eigenvalue weighted by Crippen LogP contribution is -2.21. The van der Waals surface area contributed by atoms with Crippen molar-refractivity contribution in [1.29, 1.82) is 0 Å². The fourth-order valence-electron chi connectivity index (χ4n) is 0.123. The Morgan fingerprint density at radius 3 is 2.25 bits per heavy atom. The maximum Gasteiger partial charge on any atom is 0.143 e. The van der Waals surface area contributed by atoms with Crippen molar-refractivity contribution in [2.75, 3.05) is 0 Å². The molecular formula is C7H10O. The SMILES string of the molecule is C#CC(C)(O)C(=C)C. The first-order chi connectivity index (χ1) is 3.50. The molecule has 0 aromatic rings. The van der Waals surface area contributed by atoms with E-state index >= 15 is 0 Å². The van der Waals surface area contributed by atoms with Crippen LogP contribution < -0.4 is 0 Å². The van der Waals surface area contributed by atoms with Crippen LogP contribution in [0.1, 0.15) is 13.8 Å². The Labute approximate surface area is 50.0 Å². The van der Waals surface area contributed by atoms with Crippen LogP contribution in [0.5, 0.6) is 0 Å². The number of aliphatic hydroxyl groups is 1. The van der Waals surface area contributed by atoms with Gasteiger partial charge in [-0.1, -0.05) is 12.5 Å². The van der Waals surface area contributed by atoms with Gasteiger partial charge in [-0.3, -0.25) is 0 Å². The van der Waals surface area contributed by atoms with Gasteiger partial charge < -0.3 is 5.11 Å². The molecule has 0 spiro atoms. The molecule has 0 fully saturated rings. The second-order valence-electron chi connectivity index (χ2n) is 2.00. The van der Waals surface area contributed by atoms with Gasteiger partial charge >= 0.3 is 0 Å².